The molecule has 0 aliphatic rings. The second-order valence-electron chi connectivity index (χ2n) is 4.37. The van der Waals surface area contributed by atoms with Crippen molar-refractivity contribution in [2.45, 2.75) is 13.8 Å². The standard InChI is InChI=1S/C15H14N2O2/c1-9-6-10(2)14(19-3)12(7-9)11-4-5-17-15(18)13(11)8-16/h4-7H,1-3H3,(H,17,18). The number of benzene rings is 1. The van der Waals surface area contributed by atoms with E-state index in [1.807, 2.05) is 32.0 Å². The van der Waals surface area contributed by atoms with Crippen molar-refractivity contribution in [1.29, 1.82) is 5.26 Å². The van der Waals surface area contributed by atoms with Crippen molar-refractivity contribution in [2.24, 2.45) is 0 Å². The first-order chi connectivity index (χ1) is 9.08. The highest BCUT2D eigenvalue weighted by molar-refractivity contribution is 5.77. The van der Waals surface area contributed by atoms with Gasteiger partial charge in [-0.25, -0.2) is 0 Å². The highest BCUT2D eigenvalue weighted by Gasteiger charge is 2.15. The van der Waals surface area contributed by atoms with Crippen LogP contribution in [0, 0.1) is 25.2 Å². The first kappa shape index (κ1) is 12.9. The van der Waals surface area contributed by atoms with E-state index < -0.39 is 0 Å². The topological polar surface area (TPSA) is 65.9 Å². The molecule has 0 aliphatic carbocycles. The Morgan fingerprint density at radius 3 is 2.63 bits per heavy atom. The number of aromatic nitrogens is 1. The van der Waals surface area contributed by atoms with E-state index in [1.54, 1.807) is 13.2 Å². The van der Waals surface area contributed by atoms with E-state index in [0.29, 0.717) is 11.3 Å². The fourth-order valence-corrected chi connectivity index (χ4v) is 2.24. The van der Waals surface area contributed by atoms with Crippen LogP contribution in [0.2, 0.25) is 0 Å². The van der Waals surface area contributed by atoms with Gasteiger partial charge < -0.3 is 9.72 Å². The van der Waals surface area contributed by atoms with Crippen LogP contribution in [0.15, 0.2) is 29.2 Å². The SMILES string of the molecule is COc1c(C)cc(C)cc1-c1cc[nH]c(=O)c1C#N. The third-order valence-corrected chi connectivity index (χ3v) is 2.99. The van der Waals surface area contributed by atoms with E-state index in [0.717, 1.165) is 16.7 Å². The lowest BCUT2D eigenvalue weighted by atomic mass is 9.97. The van der Waals surface area contributed by atoms with Gasteiger partial charge in [0.15, 0.2) is 0 Å². The Balaban J connectivity index is 2.84. The van der Waals surface area contributed by atoms with E-state index in [9.17, 15) is 4.79 Å². The predicted molar refractivity (Wildman–Crippen MR) is 73.2 cm³/mol. The number of methoxy groups -OCH3 is 1. The smallest absolute Gasteiger partial charge is 0.266 e. The molecule has 1 aromatic heterocycles. The lowest BCUT2D eigenvalue weighted by Crippen LogP contribution is -2.10. The summed E-state index contributed by atoms with van der Waals surface area (Å²) in [5, 5.41) is 9.15. The summed E-state index contributed by atoms with van der Waals surface area (Å²) in [6, 6.07) is 7.59. The summed E-state index contributed by atoms with van der Waals surface area (Å²) in [7, 11) is 1.58. The maximum Gasteiger partial charge on any atom is 0.266 e. The van der Waals surface area contributed by atoms with Gasteiger partial charge in [-0.3, -0.25) is 4.79 Å². The Morgan fingerprint density at radius 2 is 2.00 bits per heavy atom. The monoisotopic (exact) mass is 254 g/mol. The second kappa shape index (κ2) is 4.99. The van der Waals surface area contributed by atoms with E-state index in [2.05, 4.69) is 4.98 Å². The first-order valence-electron chi connectivity index (χ1n) is 5.86. The van der Waals surface area contributed by atoms with Gasteiger partial charge in [-0.1, -0.05) is 6.07 Å². The van der Waals surface area contributed by atoms with Crippen molar-refractivity contribution >= 4 is 0 Å². The number of nitrogens with zero attached hydrogens (tertiary/aromatic N) is 1. The van der Waals surface area contributed by atoms with E-state index >= 15 is 0 Å². The number of nitriles is 1. The number of ether oxygens (including phenoxy) is 1. The van der Waals surface area contributed by atoms with Gasteiger partial charge in [0.1, 0.15) is 17.4 Å². The van der Waals surface area contributed by atoms with Crippen molar-refractivity contribution in [3.8, 4) is 22.9 Å². The van der Waals surface area contributed by atoms with Gasteiger partial charge in [0.25, 0.3) is 5.56 Å². The summed E-state index contributed by atoms with van der Waals surface area (Å²) < 4.78 is 5.40. The Labute approximate surface area is 111 Å². The summed E-state index contributed by atoms with van der Waals surface area (Å²) in [5.74, 6) is 0.688. The zero-order valence-electron chi connectivity index (χ0n) is 11.1. The van der Waals surface area contributed by atoms with Gasteiger partial charge in [-0.05, 0) is 37.1 Å². The van der Waals surface area contributed by atoms with Crippen molar-refractivity contribution < 1.29 is 4.74 Å². The lowest BCUT2D eigenvalue weighted by Gasteiger charge is -2.13. The number of hydrogen-bond donors (Lipinski definition) is 1. The third-order valence-electron chi connectivity index (χ3n) is 2.99. The Bertz CT molecular complexity index is 724. The fourth-order valence-electron chi connectivity index (χ4n) is 2.24. The highest BCUT2D eigenvalue weighted by Crippen LogP contribution is 2.34. The molecule has 1 N–H and O–H groups in total. The van der Waals surface area contributed by atoms with Crippen LogP contribution in [-0.4, -0.2) is 12.1 Å². The van der Waals surface area contributed by atoms with Crippen LogP contribution in [0.5, 0.6) is 5.75 Å². The Morgan fingerprint density at radius 1 is 1.26 bits per heavy atom. The highest BCUT2D eigenvalue weighted by atomic mass is 16.5. The zero-order chi connectivity index (χ0) is 14.0. The minimum atomic E-state index is -0.388. The quantitative estimate of drug-likeness (QED) is 0.895. The van der Waals surface area contributed by atoms with Gasteiger partial charge in [-0.15, -0.1) is 0 Å². The van der Waals surface area contributed by atoms with Crippen LogP contribution in [0.25, 0.3) is 11.1 Å². The molecule has 4 nitrogen and oxygen atoms in total. The largest absolute Gasteiger partial charge is 0.496 e. The summed E-state index contributed by atoms with van der Waals surface area (Å²) in [4.78, 5) is 14.2. The van der Waals surface area contributed by atoms with Crippen LogP contribution < -0.4 is 10.3 Å². The molecule has 19 heavy (non-hydrogen) atoms. The van der Waals surface area contributed by atoms with Crippen LogP contribution >= 0.6 is 0 Å². The molecule has 0 amide bonds. The summed E-state index contributed by atoms with van der Waals surface area (Å²) >= 11 is 0. The molecule has 0 spiro atoms. The lowest BCUT2D eigenvalue weighted by molar-refractivity contribution is 0.413. The van der Waals surface area contributed by atoms with E-state index in [-0.39, 0.29) is 11.1 Å². The first-order valence-corrected chi connectivity index (χ1v) is 5.86. The minimum absolute atomic E-state index is 0.103. The number of H-pyrrole nitrogens is 1. The third kappa shape index (κ3) is 2.23. The van der Waals surface area contributed by atoms with Crippen molar-refractivity contribution in [3.05, 3.63) is 51.4 Å². The predicted octanol–water partition coefficient (Wildman–Crippen LogP) is 2.54. The van der Waals surface area contributed by atoms with Gasteiger partial charge in [0.05, 0.1) is 7.11 Å². The molecule has 1 heterocycles. The molecule has 2 rings (SSSR count). The van der Waals surface area contributed by atoms with Crippen molar-refractivity contribution in [1.82, 2.24) is 4.98 Å². The summed E-state index contributed by atoms with van der Waals surface area (Å²) in [6.07, 6.45) is 1.54. The Hall–Kier alpha value is -2.54. The molecule has 0 radical (unpaired) electrons. The second-order valence-corrected chi connectivity index (χ2v) is 4.37. The van der Waals surface area contributed by atoms with Crippen molar-refractivity contribution in [3.63, 3.8) is 0 Å². The van der Waals surface area contributed by atoms with E-state index in [1.165, 1.54) is 6.20 Å². The van der Waals surface area contributed by atoms with Gasteiger partial charge in [0, 0.05) is 17.3 Å². The van der Waals surface area contributed by atoms with E-state index in [4.69, 9.17) is 10.00 Å². The molecule has 96 valence electrons. The molecule has 0 unspecified atom stereocenters. The normalized spacial score (nSPS) is 10.0. The van der Waals surface area contributed by atoms with Gasteiger partial charge in [-0.2, -0.15) is 5.26 Å². The zero-order valence-corrected chi connectivity index (χ0v) is 11.1. The number of aryl methyl sites for hydroxylation is 2. The number of hydrogen-bond acceptors (Lipinski definition) is 3. The van der Waals surface area contributed by atoms with Crippen LogP contribution in [0.1, 0.15) is 16.7 Å². The molecule has 0 atom stereocenters. The van der Waals surface area contributed by atoms with Gasteiger partial charge in [0.2, 0.25) is 0 Å². The van der Waals surface area contributed by atoms with Gasteiger partial charge >= 0.3 is 0 Å². The van der Waals surface area contributed by atoms with Crippen LogP contribution in [-0.2, 0) is 0 Å². The maximum atomic E-state index is 11.7. The number of pyridine rings is 1. The molecule has 0 bridgehead atoms. The maximum absolute atomic E-state index is 11.7. The minimum Gasteiger partial charge on any atom is -0.496 e. The van der Waals surface area contributed by atoms with Crippen molar-refractivity contribution in [2.75, 3.05) is 7.11 Å². The summed E-state index contributed by atoms with van der Waals surface area (Å²) in [6.45, 7) is 3.91. The molecule has 2 aromatic rings. The fraction of sp³-hybridized carbons (Fsp3) is 0.200. The molecule has 0 saturated heterocycles. The molecular formula is C15H14N2O2. The summed E-state index contributed by atoms with van der Waals surface area (Å²) in [5.41, 5.74) is 3.10. The van der Waals surface area contributed by atoms with Crippen LogP contribution in [0.3, 0.4) is 0 Å². The average Bonchev–Trinajstić information content (AvgIpc) is 2.37. The molecule has 0 fully saturated rings. The number of nitrogens with one attached hydrogen (secondary N) is 1. The number of aromatic amines is 1. The molecule has 0 aliphatic heterocycles. The van der Waals surface area contributed by atoms with Crippen LogP contribution in [0.4, 0.5) is 0 Å². The molecule has 0 saturated carbocycles. The Kier molecular flexibility index (Phi) is 3.39. The molecular weight excluding hydrogens is 240 g/mol. The molecule has 4 heteroatoms. The number of rotatable bonds is 2. The molecule has 1 aromatic carbocycles. The average molecular weight is 254 g/mol.